The molecule has 6 heteroatoms. The Morgan fingerprint density at radius 3 is 2.90 bits per heavy atom. The summed E-state index contributed by atoms with van der Waals surface area (Å²) in [5, 5.41) is 12.3. The van der Waals surface area contributed by atoms with Gasteiger partial charge in [0.2, 0.25) is 5.95 Å². The standard InChI is InChI=1S/C15H20N6/c1-3-13(11-16-8-1)4-9-21-14(17-18-19-21)20-10-7-15(12-20)5-2-6-15/h1,3,8,11H,2,4-7,9-10,12H2. The van der Waals surface area contributed by atoms with Gasteiger partial charge in [0.05, 0.1) is 6.54 Å². The van der Waals surface area contributed by atoms with E-state index >= 15 is 0 Å². The van der Waals surface area contributed by atoms with Crippen molar-refractivity contribution in [3.8, 4) is 0 Å². The Balaban J connectivity index is 1.44. The van der Waals surface area contributed by atoms with E-state index in [0.717, 1.165) is 32.0 Å². The number of pyridine rings is 1. The van der Waals surface area contributed by atoms with Crippen molar-refractivity contribution in [2.24, 2.45) is 5.41 Å². The molecular weight excluding hydrogens is 264 g/mol. The Labute approximate surface area is 124 Å². The molecule has 2 aromatic rings. The lowest BCUT2D eigenvalue weighted by molar-refractivity contribution is 0.165. The van der Waals surface area contributed by atoms with Crippen LogP contribution in [0.1, 0.15) is 31.2 Å². The molecule has 0 atom stereocenters. The molecule has 1 aliphatic carbocycles. The fraction of sp³-hybridized carbons (Fsp3) is 0.600. The Morgan fingerprint density at radius 1 is 1.24 bits per heavy atom. The van der Waals surface area contributed by atoms with Crippen LogP contribution in [0.5, 0.6) is 0 Å². The van der Waals surface area contributed by atoms with E-state index < -0.39 is 0 Å². The van der Waals surface area contributed by atoms with Crippen LogP contribution in [0.3, 0.4) is 0 Å². The highest BCUT2D eigenvalue weighted by molar-refractivity contribution is 5.32. The molecule has 2 fully saturated rings. The maximum atomic E-state index is 4.25. The van der Waals surface area contributed by atoms with Gasteiger partial charge < -0.3 is 4.90 Å². The molecule has 110 valence electrons. The third-order valence-electron chi connectivity index (χ3n) is 4.98. The molecule has 0 amide bonds. The number of anilines is 1. The average molecular weight is 284 g/mol. The molecule has 2 aliphatic rings. The van der Waals surface area contributed by atoms with Crippen molar-refractivity contribution in [3.05, 3.63) is 30.1 Å². The lowest BCUT2D eigenvalue weighted by atomic mass is 9.68. The minimum Gasteiger partial charge on any atom is -0.339 e. The van der Waals surface area contributed by atoms with Crippen molar-refractivity contribution in [1.82, 2.24) is 25.2 Å². The van der Waals surface area contributed by atoms with Crippen LogP contribution in [-0.2, 0) is 13.0 Å². The van der Waals surface area contributed by atoms with Gasteiger partial charge in [-0.05, 0) is 53.2 Å². The first-order valence-electron chi connectivity index (χ1n) is 7.75. The summed E-state index contributed by atoms with van der Waals surface area (Å²) >= 11 is 0. The van der Waals surface area contributed by atoms with Crippen molar-refractivity contribution in [2.45, 2.75) is 38.6 Å². The summed E-state index contributed by atoms with van der Waals surface area (Å²) in [6, 6.07) is 4.06. The average Bonchev–Trinajstić information content (AvgIpc) is 3.12. The van der Waals surface area contributed by atoms with E-state index in [4.69, 9.17) is 0 Å². The van der Waals surface area contributed by atoms with Gasteiger partial charge in [-0.3, -0.25) is 4.98 Å². The number of aromatic nitrogens is 5. The molecule has 1 spiro atoms. The molecule has 1 aliphatic heterocycles. The van der Waals surface area contributed by atoms with E-state index in [0.29, 0.717) is 5.41 Å². The van der Waals surface area contributed by atoms with E-state index in [1.54, 1.807) is 6.20 Å². The van der Waals surface area contributed by atoms with Gasteiger partial charge >= 0.3 is 0 Å². The monoisotopic (exact) mass is 284 g/mol. The molecule has 3 heterocycles. The third kappa shape index (κ3) is 2.39. The summed E-state index contributed by atoms with van der Waals surface area (Å²) in [5.41, 5.74) is 1.79. The van der Waals surface area contributed by atoms with Gasteiger partial charge in [-0.1, -0.05) is 17.6 Å². The quantitative estimate of drug-likeness (QED) is 0.855. The second-order valence-electron chi connectivity index (χ2n) is 6.34. The first-order chi connectivity index (χ1) is 10.3. The number of hydrogen-bond acceptors (Lipinski definition) is 5. The lowest BCUT2D eigenvalue weighted by Gasteiger charge is -2.37. The summed E-state index contributed by atoms with van der Waals surface area (Å²) in [7, 11) is 0. The topological polar surface area (TPSA) is 59.7 Å². The van der Waals surface area contributed by atoms with Crippen molar-refractivity contribution >= 4 is 5.95 Å². The van der Waals surface area contributed by atoms with E-state index in [1.165, 1.54) is 31.2 Å². The van der Waals surface area contributed by atoms with Crippen molar-refractivity contribution < 1.29 is 0 Å². The lowest BCUT2D eigenvalue weighted by Crippen LogP contribution is -2.34. The summed E-state index contributed by atoms with van der Waals surface area (Å²) in [4.78, 5) is 6.51. The SMILES string of the molecule is c1cncc(CCn2nnnc2N2CCC3(CCC3)C2)c1. The highest BCUT2D eigenvalue weighted by Gasteiger charge is 2.43. The summed E-state index contributed by atoms with van der Waals surface area (Å²) < 4.78 is 1.94. The molecule has 0 bridgehead atoms. The van der Waals surface area contributed by atoms with Crippen molar-refractivity contribution in [1.29, 1.82) is 0 Å². The van der Waals surface area contributed by atoms with Gasteiger partial charge in [-0.2, -0.15) is 0 Å². The number of rotatable bonds is 4. The normalized spacial score (nSPS) is 19.9. The van der Waals surface area contributed by atoms with E-state index in [2.05, 4.69) is 31.5 Å². The largest absolute Gasteiger partial charge is 0.339 e. The Morgan fingerprint density at radius 2 is 2.19 bits per heavy atom. The van der Waals surface area contributed by atoms with Gasteiger partial charge in [-0.25, -0.2) is 4.68 Å². The van der Waals surface area contributed by atoms with Crippen molar-refractivity contribution in [2.75, 3.05) is 18.0 Å². The molecule has 6 nitrogen and oxygen atoms in total. The Hall–Kier alpha value is -1.98. The fourth-order valence-electron chi connectivity index (χ4n) is 3.54. The second kappa shape index (κ2) is 5.09. The minimum atomic E-state index is 0.570. The Kier molecular flexibility index (Phi) is 3.09. The smallest absolute Gasteiger partial charge is 0.245 e. The van der Waals surface area contributed by atoms with E-state index in [1.807, 2.05) is 16.9 Å². The van der Waals surface area contributed by atoms with Crippen LogP contribution in [0.2, 0.25) is 0 Å². The zero-order valence-electron chi connectivity index (χ0n) is 12.1. The van der Waals surface area contributed by atoms with Crippen LogP contribution in [0.25, 0.3) is 0 Å². The highest BCUT2D eigenvalue weighted by Crippen LogP contribution is 2.48. The molecule has 1 saturated heterocycles. The van der Waals surface area contributed by atoms with Crippen LogP contribution in [0.4, 0.5) is 5.95 Å². The molecule has 0 aromatic carbocycles. The molecular formula is C15H20N6. The zero-order valence-corrected chi connectivity index (χ0v) is 12.1. The minimum absolute atomic E-state index is 0.570. The van der Waals surface area contributed by atoms with Gasteiger partial charge in [0.25, 0.3) is 0 Å². The summed E-state index contributed by atoms with van der Waals surface area (Å²) in [6.07, 6.45) is 10.0. The number of aryl methyl sites for hydroxylation is 2. The maximum absolute atomic E-state index is 4.25. The zero-order chi connectivity index (χ0) is 14.1. The predicted octanol–water partition coefficient (Wildman–Crippen LogP) is 1.69. The van der Waals surface area contributed by atoms with E-state index in [-0.39, 0.29) is 0 Å². The number of tetrazole rings is 1. The second-order valence-corrected chi connectivity index (χ2v) is 6.34. The molecule has 21 heavy (non-hydrogen) atoms. The van der Waals surface area contributed by atoms with Gasteiger partial charge in [-0.15, -0.1) is 0 Å². The van der Waals surface area contributed by atoms with Crippen LogP contribution >= 0.6 is 0 Å². The molecule has 1 saturated carbocycles. The third-order valence-corrected chi connectivity index (χ3v) is 4.98. The van der Waals surface area contributed by atoms with Gasteiger partial charge in [0.15, 0.2) is 0 Å². The van der Waals surface area contributed by atoms with E-state index in [9.17, 15) is 0 Å². The molecule has 0 N–H and O–H groups in total. The van der Waals surface area contributed by atoms with Crippen LogP contribution < -0.4 is 4.90 Å². The number of hydrogen-bond donors (Lipinski definition) is 0. The molecule has 0 radical (unpaired) electrons. The first-order valence-corrected chi connectivity index (χ1v) is 7.75. The molecule has 0 unspecified atom stereocenters. The molecule has 4 rings (SSSR count). The number of nitrogens with zero attached hydrogens (tertiary/aromatic N) is 6. The summed E-state index contributed by atoms with van der Waals surface area (Å²) in [5.74, 6) is 0.933. The van der Waals surface area contributed by atoms with Crippen LogP contribution in [0.15, 0.2) is 24.5 Å². The Bertz CT molecular complexity index is 604. The van der Waals surface area contributed by atoms with Crippen molar-refractivity contribution in [3.63, 3.8) is 0 Å². The highest BCUT2D eigenvalue weighted by atomic mass is 15.6. The first kappa shape index (κ1) is 12.7. The van der Waals surface area contributed by atoms with Crippen LogP contribution in [0, 0.1) is 5.41 Å². The maximum Gasteiger partial charge on any atom is 0.245 e. The molecule has 2 aromatic heterocycles. The van der Waals surface area contributed by atoms with Gasteiger partial charge in [0, 0.05) is 25.5 Å². The fourth-order valence-corrected chi connectivity index (χ4v) is 3.54. The summed E-state index contributed by atoms with van der Waals surface area (Å²) in [6.45, 7) is 3.02. The predicted molar refractivity (Wildman–Crippen MR) is 78.9 cm³/mol. The van der Waals surface area contributed by atoms with Gasteiger partial charge in [0.1, 0.15) is 0 Å². The van der Waals surface area contributed by atoms with Crippen LogP contribution in [-0.4, -0.2) is 38.3 Å².